The van der Waals surface area contributed by atoms with Gasteiger partial charge in [-0.3, -0.25) is 4.99 Å². The van der Waals surface area contributed by atoms with Gasteiger partial charge in [0.1, 0.15) is 0 Å². The molecule has 1 aliphatic carbocycles. The van der Waals surface area contributed by atoms with E-state index in [9.17, 15) is 0 Å². The maximum Gasteiger partial charge on any atom is 0.191 e. The van der Waals surface area contributed by atoms with Crippen molar-refractivity contribution < 1.29 is 0 Å². The first-order valence-electron chi connectivity index (χ1n) is 6.95. The molecule has 1 heterocycles. The minimum absolute atomic E-state index is 0. The van der Waals surface area contributed by atoms with E-state index in [4.69, 9.17) is 0 Å². The molecule has 0 radical (unpaired) electrons. The van der Waals surface area contributed by atoms with Crippen molar-refractivity contribution in [2.24, 2.45) is 4.99 Å². The first kappa shape index (κ1) is 16.5. The third-order valence-corrected chi connectivity index (χ3v) is 3.88. The van der Waals surface area contributed by atoms with Crippen molar-refractivity contribution in [1.82, 2.24) is 10.6 Å². The highest BCUT2D eigenvalue weighted by Crippen LogP contribution is 2.18. The monoisotopic (exact) mass is 345 g/mol. The Kier molecular flexibility index (Phi) is 8.14. The molecule has 0 spiro atoms. The summed E-state index contributed by atoms with van der Waals surface area (Å²) in [5, 5.41) is 9.04. The summed E-state index contributed by atoms with van der Waals surface area (Å²) in [5.74, 6) is 1.00. The molecule has 0 aliphatic heterocycles. The Morgan fingerprint density at radius 2 is 2.32 bits per heavy atom. The standard InChI is InChI=1S/C14H23N3S.BrH/c1-2-3-9-15-14(17-12-6-7-12)16-10-8-13-5-4-11-18-13;/h4-5,11-12H,2-3,6-10H2,1H3,(H2,15,16,17);1H. The lowest BCUT2D eigenvalue weighted by Gasteiger charge is -2.11. The molecule has 1 fully saturated rings. The van der Waals surface area contributed by atoms with Crippen molar-refractivity contribution in [2.75, 3.05) is 13.1 Å². The molecule has 2 rings (SSSR count). The fraction of sp³-hybridized carbons (Fsp3) is 0.643. The molecular weight excluding hydrogens is 322 g/mol. The number of hydrogen-bond donors (Lipinski definition) is 2. The lowest BCUT2D eigenvalue weighted by atomic mass is 10.3. The molecule has 0 unspecified atom stereocenters. The Hall–Kier alpha value is -0.550. The van der Waals surface area contributed by atoms with Crippen LogP contribution in [0.4, 0.5) is 0 Å². The zero-order chi connectivity index (χ0) is 12.6. The molecule has 19 heavy (non-hydrogen) atoms. The van der Waals surface area contributed by atoms with Gasteiger partial charge in [-0.2, -0.15) is 0 Å². The molecule has 108 valence electrons. The van der Waals surface area contributed by atoms with Crippen LogP contribution in [-0.2, 0) is 6.42 Å². The van der Waals surface area contributed by atoms with Crippen molar-refractivity contribution in [3.8, 4) is 0 Å². The number of nitrogens with one attached hydrogen (secondary N) is 2. The van der Waals surface area contributed by atoms with Crippen LogP contribution in [0.1, 0.15) is 37.5 Å². The molecule has 1 aliphatic rings. The summed E-state index contributed by atoms with van der Waals surface area (Å²) >= 11 is 1.82. The summed E-state index contributed by atoms with van der Waals surface area (Å²) < 4.78 is 0. The molecule has 0 amide bonds. The molecule has 0 aromatic carbocycles. The fourth-order valence-electron chi connectivity index (χ4n) is 1.68. The van der Waals surface area contributed by atoms with Crippen LogP contribution in [0.5, 0.6) is 0 Å². The van der Waals surface area contributed by atoms with Crippen molar-refractivity contribution in [3.63, 3.8) is 0 Å². The molecule has 0 atom stereocenters. The lowest BCUT2D eigenvalue weighted by Crippen LogP contribution is -2.39. The molecular formula is C14H24BrN3S. The highest BCUT2D eigenvalue weighted by Gasteiger charge is 2.22. The second-order valence-electron chi connectivity index (χ2n) is 4.76. The second kappa shape index (κ2) is 9.37. The topological polar surface area (TPSA) is 36.4 Å². The van der Waals surface area contributed by atoms with Crippen LogP contribution in [0.25, 0.3) is 0 Å². The van der Waals surface area contributed by atoms with Gasteiger partial charge in [0, 0.05) is 24.0 Å². The van der Waals surface area contributed by atoms with Gasteiger partial charge in [-0.15, -0.1) is 28.3 Å². The van der Waals surface area contributed by atoms with Crippen LogP contribution in [-0.4, -0.2) is 25.1 Å². The van der Waals surface area contributed by atoms with Crippen LogP contribution < -0.4 is 10.6 Å². The van der Waals surface area contributed by atoms with Gasteiger partial charge in [-0.25, -0.2) is 0 Å². The maximum atomic E-state index is 4.61. The van der Waals surface area contributed by atoms with Crippen LogP contribution in [0.3, 0.4) is 0 Å². The number of halogens is 1. The number of rotatable bonds is 7. The molecule has 3 nitrogen and oxygen atoms in total. The van der Waals surface area contributed by atoms with E-state index < -0.39 is 0 Å². The molecule has 1 saturated carbocycles. The van der Waals surface area contributed by atoms with Gasteiger partial charge < -0.3 is 10.6 Å². The average Bonchev–Trinajstić information content (AvgIpc) is 3.03. The Morgan fingerprint density at radius 1 is 1.47 bits per heavy atom. The fourth-order valence-corrected chi connectivity index (χ4v) is 2.39. The van der Waals surface area contributed by atoms with E-state index in [1.165, 1.54) is 30.6 Å². The quantitative estimate of drug-likeness (QED) is 0.451. The average molecular weight is 346 g/mol. The van der Waals surface area contributed by atoms with E-state index in [1.807, 2.05) is 11.3 Å². The predicted octanol–water partition coefficient (Wildman–Crippen LogP) is 3.37. The Morgan fingerprint density at radius 3 is 2.95 bits per heavy atom. The zero-order valence-corrected chi connectivity index (χ0v) is 14.1. The smallest absolute Gasteiger partial charge is 0.191 e. The van der Waals surface area contributed by atoms with Crippen molar-refractivity contribution >= 4 is 34.3 Å². The number of guanidine groups is 1. The van der Waals surface area contributed by atoms with Gasteiger partial charge in [-0.1, -0.05) is 19.4 Å². The van der Waals surface area contributed by atoms with E-state index in [-0.39, 0.29) is 17.0 Å². The predicted molar refractivity (Wildman–Crippen MR) is 89.7 cm³/mol. The Labute approximate surface area is 130 Å². The zero-order valence-electron chi connectivity index (χ0n) is 11.5. The number of nitrogens with zero attached hydrogens (tertiary/aromatic N) is 1. The first-order chi connectivity index (χ1) is 8.88. The van der Waals surface area contributed by atoms with E-state index in [0.717, 1.165) is 25.5 Å². The number of hydrogen-bond acceptors (Lipinski definition) is 2. The van der Waals surface area contributed by atoms with Gasteiger partial charge >= 0.3 is 0 Å². The SMILES string of the molecule is Br.CCCCN=C(NCCc1cccs1)NC1CC1. The molecule has 1 aromatic rings. The summed E-state index contributed by atoms with van der Waals surface area (Å²) in [4.78, 5) is 6.04. The minimum atomic E-state index is 0. The van der Waals surface area contributed by atoms with Crippen molar-refractivity contribution in [2.45, 2.75) is 45.1 Å². The first-order valence-corrected chi connectivity index (χ1v) is 7.83. The van der Waals surface area contributed by atoms with Gasteiger partial charge in [0.05, 0.1) is 0 Å². The van der Waals surface area contributed by atoms with Crippen molar-refractivity contribution in [1.29, 1.82) is 0 Å². The third-order valence-electron chi connectivity index (χ3n) is 2.94. The molecule has 0 saturated heterocycles. The van der Waals surface area contributed by atoms with Gasteiger partial charge in [0.15, 0.2) is 5.96 Å². The van der Waals surface area contributed by atoms with Crippen LogP contribution in [0.2, 0.25) is 0 Å². The van der Waals surface area contributed by atoms with E-state index in [1.54, 1.807) is 0 Å². The molecule has 0 bridgehead atoms. The Balaban J connectivity index is 0.00000180. The highest BCUT2D eigenvalue weighted by atomic mass is 79.9. The summed E-state index contributed by atoms with van der Waals surface area (Å²) in [7, 11) is 0. The van der Waals surface area contributed by atoms with Gasteiger partial charge in [-0.05, 0) is 37.1 Å². The second-order valence-corrected chi connectivity index (χ2v) is 5.79. The summed E-state index contributed by atoms with van der Waals surface area (Å²) in [6.07, 6.45) is 6.04. The highest BCUT2D eigenvalue weighted by molar-refractivity contribution is 8.93. The number of unbranched alkanes of at least 4 members (excludes halogenated alkanes) is 1. The van der Waals surface area contributed by atoms with E-state index >= 15 is 0 Å². The minimum Gasteiger partial charge on any atom is -0.356 e. The Bertz CT molecular complexity index is 361. The van der Waals surface area contributed by atoms with Gasteiger partial charge in [0.2, 0.25) is 0 Å². The normalized spacial score (nSPS) is 14.9. The number of thiophene rings is 1. The molecule has 1 aromatic heterocycles. The summed E-state index contributed by atoms with van der Waals surface area (Å²) in [6.45, 7) is 4.09. The maximum absolute atomic E-state index is 4.61. The largest absolute Gasteiger partial charge is 0.356 e. The van der Waals surface area contributed by atoms with Crippen molar-refractivity contribution in [3.05, 3.63) is 22.4 Å². The van der Waals surface area contributed by atoms with Crippen LogP contribution in [0.15, 0.2) is 22.5 Å². The molecule has 5 heteroatoms. The lowest BCUT2D eigenvalue weighted by molar-refractivity contribution is 0.759. The summed E-state index contributed by atoms with van der Waals surface area (Å²) in [6, 6.07) is 4.97. The van der Waals surface area contributed by atoms with Gasteiger partial charge in [0.25, 0.3) is 0 Å². The molecule has 2 N–H and O–H groups in total. The van der Waals surface area contributed by atoms with Crippen LogP contribution in [0, 0.1) is 0 Å². The third kappa shape index (κ3) is 6.97. The van der Waals surface area contributed by atoms with E-state index in [2.05, 4.69) is 40.1 Å². The number of aliphatic imine (C=N–C) groups is 1. The van der Waals surface area contributed by atoms with Crippen LogP contribution >= 0.6 is 28.3 Å². The summed E-state index contributed by atoms with van der Waals surface area (Å²) in [5.41, 5.74) is 0. The van der Waals surface area contributed by atoms with E-state index in [0.29, 0.717) is 6.04 Å².